The second-order valence-corrected chi connectivity index (χ2v) is 6.00. The van der Waals surface area contributed by atoms with Crippen LogP contribution in [0.4, 0.5) is 0 Å². The standard InChI is InChI=1S/C12H9BrClN3OS/c13-7-1-2-8(14)10(5-7)18-11-9(6-15)17-3-4-19-12(17)16-11/h1-5H,6,15H2. The van der Waals surface area contributed by atoms with E-state index >= 15 is 0 Å². The fourth-order valence-electron chi connectivity index (χ4n) is 1.74. The molecule has 0 amide bonds. The Morgan fingerprint density at radius 2 is 2.32 bits per heavy atom. The molecule has 0 fully saturated rings. The van der Waals surface area contributed by atoms with Crippen LogP contribution in [0.15, 0.2) is 34.2 Å². The molecule has 0 aliphatic rings. The van der Waals surface area contributed by atoms with Crippen LogP contribution >= 0.6 is 38.9 Å². The van der Waals surface area contributed by atoms with Crippen LogP contribution in [0.5, 0.6) is 11.6 Å². The van der Waals surface area contributed by atoms with Gasteiger partial charge >= 0.3 is 0 Å². The maximum atomic E-state index is 6.11. The minimum absolute atomic E-state index is 0.346. The van der Waals surface area contributed by atoms with Gasteiger partial charge < -0.3 is 10.5 Å². The number of nitrogens with two attached hydrogens (primary N) is 1. The number of nitrogens with zero attached hydrogens (tertiary/aromatic N) is 2. The molecule has 2 heterocycles. The Morgan fingerprint density at radius 1 is 1.47 bits per heavy atom. The van der Waals surface area contributed by atoms with E-state index in [0.29, 0.717) is 23.2 Å². The molecular weight excluding hydrogens is 350 g/mol. The fraction of sp³-hybridized carbons (Fsp3) is 0.0833. The summed E-state index contributed by atoms with van der Waals surface area (Å²) in [6.45, 7) is 0.346. The summed E-state index contributed by atoms with van der Waals surface area (Å²) in [6, 6.07) is 5.42. The summed E-state index contributed by atoms with van der Waals surface area (Å²) < 4.78 is 8.60. The van der Waals surface area contributed by atoms with E-state index in [1.807, 2.05) is 22.0 Å². The van der Waals surface area contributed by atoms with E-state index in [-0.39, 0.29) is 0 Å². The van der Waals surface area contributed by atoms with Crippen molar-refractivity contribution in [2.24, 2.45) is 5.73 Å². The van der Waals surface area contributed by atoms with Gasteiger partial charge in [-0.15, -0.1) is 11.3 Å². The number of halogens is 2. The predicted molar refractivity (Wildman–Crippen MR) is 80.2 cm³/mol. The summed E-state index contributed by atoms with van der Waals surface area (Å²) in [6.07, 6.45) is 1.92. The Hall–Kier alpha value is -1.08. The first-order valence-corrected chi connectivity index (χ1v) is 7.51. The summed E-state index contributed by atoms with van der Waals surface area (Å²) in [5, 5.41) is 2.49. The third-order valence-electron chi connectivity index (χ3n) is 2.62. The molecule has 4 nitrogen and oxygen atoms in total. The summed E-state index contributed by atoms with van der Waals surface area (Å²) >= 11 is 11.0. The summed E-state index contributed by atoms with van der Waals surface area (Å²) in [5.74, 6) is 1.05. The summed E-state index contributed by atoms with van der Waals surface area (Å²) in [4.78, 5) is 5.26. The number of hydrogen-bond donors (Lipinski definition) is 1. The van der Waals surface area contributed by atoms with Crippen LogP contribution in [0.3, 0.4) is 0 Å². The Balaban J connectivity index is 2.05. The zero-order chi connectivity index (χ0) is 13.4. The monoisotopic (exact) mass is 357 g/mol. The number of imidazole rings is 1. The number of hydrogen-bond acceptors (Lipinski definition) is 4. The molecule has 98 valence electrons. The van der Waals surface area contributed by atoms with Gasteiger partial charge in [0.2, 0.25) is 5.88 Å². The SMILES string of the molecule is NCc1c(Oc2cc(Br)ccc2Cl)nc2sccn12. The van der Waals surface area contributed by atoms with Gasteiger partial charge in [0, 0.05) is 22.6 Å². The number of fused-ring (bicyclic) bond motifs is 1. The lowest BCUT2D eigenvalue weighted by atomic mass is 10.3. The highest BCUT2D eigenvalue weighted by Gasteiger charge is 2.15. The van der Waals surface area contributed by atoms with Gasteiger partial charge in [-0.2, -0.15) is 4.98 Å². The van der Waals surface area contributed by atoms with Crippen molar-refractivity contribution in [2.45, 2.75) is 6.54 Å². The minimum atomic E-state index is 0.346. The first-order chi connectivity index (χ1) is 9.19. The van der Waals surface area contributed by atoms with Crippen molar-refractivity contribution in [1.82, 2.24) is 9.38 Å². The topological polar surface area (TPSA) is 52.5 Å². The molecule has 2 aromatic heterocycles. The van der Waals surface area contributed by atoms with Crippen molar-refractivity contribution >= 4 is 43.8 Å². The quantitative estimate of drug-likeness (QED) is 0.768. The van der Waals surface area contributed by atoms with Gasteiger partial charge in [-0.3, -0.25) is 4.40 Å². The van der Waals surface area contributed by atoms with E-state index in [1.54, 1.807) is 12.1 Å². The Labute approximate surface area is 126 Å². The van der Waals surface area contributed by atoms with Crippen molar-refractivity contribution < 1.29 is 4.74 Å². The van der Waals surface area contributed by atoms with E-state index < -0.39 is 0 Å². The van der Waals surface area contributed by atoms with Gasteiger partial charge in [-0.05, 0) is 18.2 Å². The van der Waals surface area contributed by atoms with E-state index in [2.05, 4.69) is 20.9 Å². The average molecular weight is 359 g/mol. The third-order valence-corrected chi connectivity index (χ3v) is 4.18. The third kappa shape index (κ3) is 2.36. The van der Waals surface area contributed by atoms with Gasteiger partial charge in [-0.1, -0.05) is 27.5 Å². The molecule has 0 saturated carbocycles. The first-order valence-electron chi connectivity index (χ1n) is 5.46. The summed E-state index contributed by atoms with van der Waals surface area (Å²) in [5.41, 5.74) is 6.59. The molecule has 0 atom stereocenters. The lowest BCUT2D eigenvalue weighted by molar-refractivity contribution is 0.459. The Kier molecular flexibility index (Phi) is 3.49. The van der Waals surface area contributed by atoms with Crippen LogP contribution in [-0.2, 0) is 6.54 Å². The fourth-order valence-corrected chi connectivity index (χ4v) is 2.96. The van der Waals surface area contributed by atoms with Crippen molar-refractivity contribution in [2.75, 3.05) is 0 Å². The molecule has 0 unspecified atom stereocenters. The van der Waals surface area contributed by atoms with Gasteiger partial charge in [-0.25, -0.2) is 0 Å². The zero-order valence-electron chi connectivity index (χ0n) is 9.64. The highest BCUT2D eigenvalue weighted by molar-refractivity contribution is 9.10. The van der Waals surface area contributed by atoms with Crippen LogP contribution in [0, 0.1) is 0 Å². The van der Waals surface area contributed by atoms with Crippen LogP contribution in [0.2, 0.25) is 5.02 Å². The molecule has 0 spiro atoms. The number of aromatic nitrogens is 2. The second-order valence-electron chi connectivity index (χ2n) is 3.80. The van der Waals surface area contributed by atoms with E-state index in [4.69, 9.17) is 22.1 Å². The number of ether oxygens (including phenoxy) is 1. The normalized spacial score (nSPS) is 11.1. The molecule has 1 aromatic carbocycles. The number of rotatable bonds is 3. The van der Waals surface area contributed by atoms with Gasteiger partial charge in [0.05, 0.1) is 5.02 Å². The molecule has 2 N–H and O–H groups in total. The molecule has 3 rings (SSSR count). The second kappa shape index (κ2) is 5.13. The van der Waals surface area contributed by atoms with Gasteiger partial charge in [0.25, 0.3) is 0 Å². The molecule has 0 radical (unpaired) electrons. The minimum Gasteiger partial charge on any atom is -0.436 e. The summed E-state index contributed by atoms with van der Waals surface area (Å²) in [7, 11) is 0. The average Bonchev–Trinajstić information content (AvgIpc) is 2.94. The Bertz CT molecular complexity index is 740. The molecule has 3 aromatic rings. The maximum absolute atomic E-state index is 6.11. The van der Waals surface area contributed by atoms with Crippen molar-refractivity contribution in [1.29, 1.82) is 0 Å². The van der Waals surface area contributed by atoms with E-state index in [1.165, 1.54) is 11.3 Å². The van der Waals surface area contributed by atoms with Gasteiger partial charge in [0.15, 0.2) is 4.96 Å². The van der Waals surface area contributed by atoms with Crippen molar-refractivity contribution in [3.05, 3.63) is 45.0 Å². The largest absolute Gasteiger partial charge is 0.436 e. The highest BCUT2D eigenvalue weighted by Crippen LogP contribution is 2.33. The molecular formula is C12H9BrClN3OS. The lowest BCUT2D eigenvalue weighted by Crippen LogP contribution is -2.01. The van der Waals surface area contributed by atoms with Crippen LogP contribution in [0.25, 0.3) is 4.96 Å². The number of thiazole rings is 1. The van der Waals surface area contributed by atoms with Crippen LogP contribution in [0.1, 0.15) is 5.69 Å². The molecule has 0 bridgehead atoms. The zero-order valence-corrected chi connectivity index (χ0v) is 12.8. The molecule has 0 saturated heterocycles. The first kappa shape index (κ1) is 12.9. The van der Waals surface area contributed by atoms with E-state index in [0.717, 1.165) is 15.1 Å². The van der Waals surface area contributed by atoms with Crippen LogP contribution < -0.4 is 10.5 Å². The van der Waals surface area contributed by atoms with Crippen molar-refractivity contribution in [3.63, 3.8) is 0 Å². The molecule has 0 aliphatic carbocycles. The molecule has 19 heavy (non-hydrogen) atoms. The molecule has 0 aliphatic heterocycles. The number of benzene rings is 1. The van der Waals surface area contributed by atoms with Crippen molar-refractivity contribution in [3.8, 4) is 11.6 Å². The smallest absolute Gasteiger partial charge is 0.243 e. The van der Waals surface area contributed by atoms with Crippen LogP contribution in [-0.4, -0.2) is 9.38 Å². The Morgan fingerprint density at radius 3 is 3.11 bits per heavy atom. The highest BCUT2D eigenvalue weighted by atomic mass is 79.9. The predicted octanol–water partition coefficient (Wildman–Crippen LogP) is 4.06. The van der Waals surface area contributed by atoms with E-state index in [9.17, 15) is 0 Å². The molecule has 7 heteroatoms. The van der Waals surface area contributed by atoms with Gasteiger partial charge in [0.1, 0.15) is 11.4 Å². The lowest BCUT2D eigenvalue weighted by Gasteiger charge is -2.07. The maximum Gasteiger partial charge on any atom is 0.243 e.